The van der Waals surface area contributed by atoms with Crippen LogP contribution < -0.4 is 5.32 Å². The number of aldehydes is 1. The maximum Gasteiger partial charge on any atom is 0.413 e. The number of alkyl carbamates (subject to hydrolysis) is 1. The van der Waals surface area contributed by atoms with Crippen LogP contribution in [0, 0.1) is 0 Å². The molecular formula is C17H18N2O5. The van der Waals surface area contributed by atoms with Crippen molar-refractivity contribution >= 4 is 35.9 Å². The van der Waals surface area contributed by atoms with Crippen LogP contribution in [0.15, 0.2) is 28.8 Å². The van der Waals surface area contributed by atoms with Crippen molar-refractivity contribution in [3.63, 3.8) is 0 Å². The number of nitrogens with one attached hydrogen (secondary N) is 1. The summed E-state index contributed by atoms with van der Waals surface area (Å²) in [5, 5.41) is 11.6. The van der Waals surface area contributed by atoms with Crippen molar-refractivity contribution in [3.8, 4) is 0 Å². The number of carbonyl (C=O) groups excluding carboxylic acids is 2. The molecule has 0 bridgehead atoms. The number of amidine groups is 1. The lowest BCUT2D eigenvalue weighted by Gasteiger charge is -2.20. The zero-order chi connectivity index (χ0) is 17.9. The van der Waals surface area contributed by atoms with Crippen LogP contribution in [-0.2, 0) is 9.53 Å². The standard InChI is InChI=1S/C17H18N2O5/c1-17(2,3)24-16(23)19-14-7-10(9-20)6-11-4-5-12(15(21)22)8-13(11)18-14/h4-6,8-9H,7H2,1-3H3,(H,21,22)(H,18,19,23). The molecule has 126 valence electrons. The molecule has 0 aliphatic carbocycles. The lowest BCUT2D eigenvalue weighted by Crippen LogP contribution is -2.36. The Morgan fingerprint density at radius 3 is 2.62 bits per heavy atom. The van der Waals surface area contributed by atoms with E-state index in [9.17, 15) is 14.4 Å². The van der Waals surface area contributed by atoms with Crippen LogP contribution in [0.1, 0.15) is 43.1 Å². The molecule has 2 rings (SSSR count). The summed E-state index contributed by atoms with van der Waals surface area (Å²) in [6, 6.07) is 4.39. The molecule has 0 atom stereocenters. The Morgan fingerprint density at radius 2 is 2.04 bits per heavy atom. The van der Waals surface area contributed by atoms with Gasteiger partial charge in [-0.2, -0.15) is 0 Å². The molecule has 1 aromatic carbocycles. The predicted octanol–water partition coefficient (Wildman–Crippen LogP) is 2.93. The second kappa shape index (κ2) is 6.66. The Balaban J connectivity index is 2.37. The van der Waals surface area contributed by atoms with Gasteiger partial charge in [0.15, 0.2) is 0 Å². The molecule has 0 saturated heterocycles. The largest absolute Gasteiger partial charge is 0.478 e. The van der Waals surface area contributed by atoms with Gasteiger partial charge in [-0.15, -0.1) is 0 Å². The van der Waals surface area contributed by atoms with Gasteiger partial charge in [0, 0.05) is 17.6 Å². The monoisotopic (exact) mass is 330 g/mol. The molecule has 1 amide bonds. The molecule has 0 fully saturated rings. The van der Waals surface area contributed by atoms with Crippen molar-refractivity contribution in [2.75, 3.05) is 0 Å². The van der Waals surface area contributed by atoms with Gasteiger partial charge in [-0.05, 0) is 39.0 Å². The average Bonchev–Trinajstić information content (AvgIpc) is 2.62. The number of carbonyl (C=O) groups is 3. The van der Waals surface area contributed by atoms with E-state index in [1.165, 1.54) is 12.1 Å². The molecule has 1 aliphatic rings. The van der Waals surface area contributed by atoms with Crippen molar-refractivity contribution in [1.29, 1.82) is 0 Å². The lowest BCUT2D eigenvalue weighted by molar-refractivity contribution is -0.104. The molecule has 1 aliphatic heterocycles. The Morgan fingerprint density at radius 1 is 1.33 bits per heavy atom. The molecule has 0 saturated carbocycles. The summed E-state index contributed by atoms with van der Waals surface area (Å²) in [7, 11) is 0. The minimum atomic E-state index is -1.08. The van der Waals surface area contributed by atoms with Gasteiger partial charge in [-0.3, -0.25) is 10.1 Å². The number of amides is 1. The average molecular weight is 330 g/mol. The fourth-order valence-electron chi connectivity index (χ4n) is 2.09. The van der Waals surface area contributed by atoms with Gasteiger partial charge in [0.1, 0.15) is 17.7 Å². The summed E-state index contributed by atoms with van der Waals surface area (Å²) in [6.45, 7) is 5.19. The summed E-state index contributed by atoms with van der Waals surface area (Å²) >= 11 is 0. The van der Waals surface area contributed by atoms with Crippen molar-refractivity contribution in [1.82, 2.24) is 5.32 Å². The molecule has 1 aromatic rings. The Bertz CT molecular complexity index is 757. The van der Waals surface area contributed by atoms with Crippen molar-refractivity contribution in [2.45, 2.75) is 32.8 Å². The number of carboxylic acid groups (broad SMARTS) is 1. The van der Waals surface area contributed by atoms with Crippen LogP contribution in [0.4, 0.5) is 10.5 Å². The number of fused-ring (bicyclic) bond motifs is 1. The summed E-state index contributed by atoms with van der Waals surface area (Å²) in [4.78, 5) is 38.5. The summed E-state index contributed by atoms with van der Waals surface area (Å²) in [5.74, 6) is -0.873. The van der Waals surface area contributed by atoms with Crippen molar-refractivity contribution in [2.24, 2.45) is 4.99 Å². The van der Waals surface area contributed by atoms with Gasteiger partial charge in [0.2, 0.25) is 0 Å². The van der Waals surface area contributed by atoms with Crippen molar-refractivity contribution < 1.29 is 24.2 Å². The normalized spacial score (nSPS) is 13.8. The molecule has 24 heavy (non-hydrogen) atoms. The van der Waals surface area contributed by atoms with E-state index >= 15 is 0 Å². The molecule has 0 spiro atoms. The van der Waals surface area contributed by atoms with Crippen LogP contribution in [0.5, 0.6) is 0 Å². The second-order valence-corrected chi connectivity index (χ2v) is 6.28. The van der Waals surface area contributed by atoms with E-state index in [1.807, 2.05) is 0 Å². The fraction of sp³-hybridized carbons (Fsp3) is 0.294. The van der Waals surface area contributed by atoms with Gasteiger partial charge < -0.3 is 9.84 Å². The summed E-state index contributed by atoms with van der Waals surface area (Å²) in [6.07, 6.45) is 1.71. The van der Waals surface area contributed by atoms with E-state index in [0.29, 0.717) is 23.1 Å². The summed E-state index contributed by atoms with van der Waals surface area (Å²) in [5.41, 5.74) is 0.761. The van der Waals surface area contributed by atoms with Crippen LogP contribution >= 0.6 is 0 Å². The van der Waals surface area contributed by atoms with Gasteiger partial charge in [-0.1, -0.05) is 6.07 Å². The van der Waals surface area contributed by atoms with Gasteiger partial charge in [0.05, 0.1) is 11.3 Å². The molecule has 0 unspecified atom stereocenters. The zero-order valence-corrected chi connectivity index (χ0v) is 13.6. The zero-order valence-electron chi connectivity index (χ0n) is 13.6. The molecule has 2 N–H and O–H groups in total. The van der Waals surface area contributed by atoms with Crippen LogP contribution in [0.2, 0.25) is 0 Å². The third kappa shape index (κ3) is 4.52. The number of ether oxygens (including phenoxy) is 1. The second-order valence-electron chi connectivity index (χ2n) is 6.28. The van der Waals surface area contributed by atoms with E-state index in [4.69, 9.17) is 9.84 Å². The SMILES string of the molecule is CC(C)(C)OC(=O)NC1=Nc2cc(C(=O)O)ccc2C=C(C=O)C1. The smallest absolute Gasteiger partial charge is 0.413 e. The third-order valence-corrected chi connectivity index (χ3v) is 3.04. The molecule has 7 heteroatoms. The molecular weight excluding hydrogens is 312 g/mol. The quantitative estimate of drug-likeness (QED) is 0.811. The predicted molar refractivity (Wildman–Crippen MR) is 88.5 cm³/mol. The maximum absolute atomic E-state index is 11.9. The number of rotatable bonds is 2. The number of carboxylic acids is 1. The molecule has 1 heterocycles. The van der Waals surface area contributed by atoms with E-state index in [1.54, 1.807) is 32.9 Å². The number of benzene rings is 1. The fourth-order valence-corrected chi connectivity index (χ4v) is 2.09. The van der Waals surface area contributed by atoms with E-state index in [0.717, 1.165) is 0 Å². The molecule has 7 nitrogen and oxygen atoms in total. The third-order valence-electron chi connectivity index (χ3n) is 3.04. The topological polar surface area (TPSA) is 105 Å². The van der Waals surface area contributed by atoms with E-state index in [2.05, 4.69) is 10.3 Å². The lowest BCUT2D eigenvalue weighted by atomic mass is 10.1. The Kier molecular flexibility index (Phi) is 4.82. The number of aromatic carboxylic acids is 1. The van der Waals surface area contributed by atoms with Gasteiger partial charge >= 0.3 is 12.1 Å². The van der Waals surface area contributed by atoms with Gasteiger partial charge in [-0.25, -0.2) is 14.6 Å². The molecule has 0 radical (unpaired) electrons. The van der Waals surface area contributed by atoms with Crippen LogP contribution in [0.25, 0.3) is 6.08 Å². The maximum atomic E-state index is 11.9. The van der Waals surface area contributed by atoms with Crippen LogP contribution in [0.3, 0.4) is 0 Å². The number of nitrogens with zero attached hydrogens (tertiary/aromatic N) is 1. The first kappa shape index (κ1) is 17.4. The van der Waals surface area contributed by atoms with Gasteiger partial charge in [0.25, 0.3) is 0 Å². The van der Waals surface area contributed by atoms with E-state index < -0.39 is 17.7 Å². The van der Waals surface area contributed by atoms with E-state index in [-0.39, 0.29) is 17.8 Å². The van der Waals surface area contributed by atoms with Crippen molar-refractivity contribution in [3.05, 3.63) is 34.9 Å². The minimum absolute atomic E-state index is 0.0667. The minimum Gasteiger partial charge on any atom is -0.478 e. The summed E-state index contributed by atoms with van der Waals surface area (Å²) < 4.78 is 5.17. The molecule has 0 aromatic heterocycles. The highest BCUT2D eigenvalue weighted by atomic mass is 16.6. The number of hydrogen-bond acceptors (Lipinski definition) is 5. The highest BCUT2D eigenvalue weighted by molar-refractivity contribution is 6.04. The Labute approximate surface area is 139 Å². The first-order valence-corrected chi connectivity index (χ1v) is 7.28. The Hall–Kier alpha value is -2.96. The first-order valence-electron chi connectivity index (χ1n) is 7.28. The highest BCUT2D eigenvalue weighted by Crippen LogP contribution is 2.27. The van der Waals surface area contributed by atoms with Crippen LogP contribution in [-0.4, -0.2) is 34.9 Å². The first-order chi connectivity index (χ1) is 11.2. The number of aliphatic imine (C=N–C) groups is 1. The highest BCUT2D eigenvalue weighted by Gasteiger charge is 2.20. The number of hydrogen-bond donors (Lipinski definition) is 2.